The second-order valence-corrected chi connectivity index (χ2v) is 8.21. The van der Waals surface area contributed by atoms with Gasteiger partial charge in [0.25, 0.3) is 5.91 Å². The van der Waals surface area contributed by atoms with Crippen LogP contribution in [0.15, 0.2) is 66.7 Å². The number of halogens is 1. The predicted octanol–water partition coefficient (Wildman–Crippen LogP) is 5.81. The SMILES string of the molecule is O=C(c1cccc2ccccc12)N1CCS[C@@H](c2ccccc2Cl)CC1. The lowest BCUT2D eigenvalue weighted by Crippen LogP contribution is -2.33. The van der Waals surface area contributed by atoms with Crippen molar-refractivity contribution in [1.29, 1.82) is 0 Å². The maximum atomic E-state index is 13.2. The van der Waals surface area contributed by atoms with E-state index in [9.17, 15) is 4.79 Å². The topological polar surface area (TPSA) is 20.3 Å². The van der Waals surface area contributed by atoms with Crippen molar-refractivity contribution in [3.8, 4) is 0 Å². The van der Waals surface area contributed by atoms with Crippen LogP contribution in [0, 0.1) is 0 Å². The van der Waals surface area contributed by atoms with Crippen molar-refractivity contribution in [3.63, 3.8) is 0 Å². The molecule has 1 heterocycles. The van der Waals surface area contributed by atoms with Gasteiger partial charge in [-0.25, -0.2) is 0 Å². The number of rotatable bonds is 2. The standard InChI is InChI=1S/C22H20ClNOS/c23-20-11-4-3-9-19(20)21-12-13-24(14-15-26-21)22(25)18-10-5-7-16-6-1-2-8-17(16)18/h1-11,21H,12-15H2/t21-/m1/s1. The lowest BCUT2D eigenvalue weighted by molar-refractivity contribution is 0.0768. The molecule has 0 aliphatic carbocycles. The van der Waals surface area contributed by atoms with Crippen LogP contribution in [0.3, 0.4) is 0 Å². The Hall–Kier alpha value is -1.97. The van der Waals surface area contributed by atoms with E-state index >= 15 is 0 Å². The number of hydrogen-bond donors (Lipinski definition) is 0. The fourth-order valence-electron chi connectivity index (χ4n) is 3.54. The molecule has 26 heavy (non-hydrogen) atoms. The molecular formula is C22H20ClNOS. The maximum Gasteiger partial charge on any atom is 0.254 e. The molecule has 0 radical (unpaired) electrons. The third kappa shape index (κ3) is 3.46. The zero-order valence-corrected chi connectivity index (χ0v) is 16.0. The highest BCUT2D eigenvalue weighted by Crippen LogP contribution is 2.38. The Kier molecular flexibility index (Phi) is 5.18. The zero-order valence-electron chi connectivity index (χ0n) is 14.4. The second kappa shape index (κ2) is 7.73. The van der Waals surface area contributed by atoms with Gasteiger partial charge in [0.05, 0.1) is 0 Å². The van der Waals surface area contributed by atoms with Crippen LogP contribution in [0.5, 0.6) is 0 Å². The number of benzene rings is 3. The Morgan fingerprint density at radius 2 is 1.73 bits per heavy atom. The third-order valence-electron chi connectivity index (χ3n) is 4.90. The molecule has 3 aromatic carbocycles. The number of carbonyl (C=O) groups is 1. The zero-order chi connectivity index (χ0) is 17.9. The quantitative estimate of drug-likeness (QED) is 0.558. The van der Waals surface area contributed by atoms with E-state index in [0.717, 1.165) is 46.6 Å². The first-order valence-corrected chi connectivity index (χ1v) is 10.3. The van der Waals surface area contributed by atoms with Crippen molar-refractivity contribution in [1.82, 2.24) is 4.90 Å². The normalized spacial score (nSPS) is 17.9. The van der Waals surface area contributed by atoms with Crippen LogP contribution < -0.4 is 0 Å². The molecule has 0 bridgehead atoms. The minimum Gasteiger partial charge on any atom is -0.338 e. The van der Waals surface area contributed by atoms with Gasteiger partial charge in [0.2, 0.25) is 0 Å². The van der Waals surface area contributed by atoms with Gasteiger partial charge < -0.3 is 4.90 Å². The molecule has 0 unspecified atom stereocenters. The van der Waals surface area contributed by atoms with Crippen molar-refractivity contribution >= 4 is 40.0 Å². The number of thioether (sulfide) groups is 1. The average Bonchev–Trinajstić information content (AvgIpc) is 2.93. The predicted molar refractivity (Wildman–Crippen MR) is 111 cm³/mol. The third-order valence-corrected chi connectivity index (χ3v) is 6.56. The first kappa shape index (κ1) is 17.4. The Balaban J connectivity index is 1.55. The van der Waals surface area contributed by atoms with E-state index < -0.39 is 0 Å². The van der Waals surface area contributed by atoms with E-state index in [1.165, 1.54) is 5.56 Å². The van der Waals surface area contributed by atoms with Gasteiger partial charge in [0, 0.05) is 34.7 Å². The summed E-state index contributed by atoms with van der Waals surface area (Å²) in [5.41, 5.74) is 1.97. The smallest absolute Gasteiger partial charge is 0.254 e. The first-order valence-electron chi connectivity index (χ1n) is 8.87. The van der Waals surface area contributed by atoms with Gasteiger partial charge in [0.1, 0.15) is 0 Å². The summed E-state index contributed by atoms with van der Waals surface area (Å²) in [5.74, 6) is 1.05. The van der Waals surface area contributed by atoms with Crippen molar-refractivity contribution in [3.05, 3.63) is 82.9 Å². The molecule has 2 nitrogen and oxygen atoms in total. The molecule has 1 fully saturated rings. The number of hydrogen-bond acceptors (Lipinski definition) is 2. The highest BCUT2D eigenvalue weighted by atomic mass is 35.5. The highest BCUT2D eigenvalue weighted by molar-refractivity contribution is 7.99. The minimum atomic E-state index is 0.127. The van der Waals surface area contributed by atoms with E-state index in [1.807, 2.05) is 65.2 Å². The minimum absolute atomic E-state index is 0.127. The molecule has 4 rings (SSSR count). The molecule has 1 saturated heterocycles. The molecule has 0 spiro atoms. The fourth-order valence-corrected chi connectivity index (χ4v) is 5.14. The molecule has 1 aliphatic rings. The van der Waals surface area contributed by atoms with Crippen LogP contribution in [-0.4, -0.2) is 29.6 Å². The number of amides is 1. The van der Waals surface area contributed by atoms with Gasteiger partial charge >= 0.3 is 0 Å². The van der Waals surface area contributed by atoms with Crippen LogP contribution in [-0.2, 0) is 0 Å². The Morgan fingerprint density at radius 1 is 0.962 bits per heavy atom. The number of nitrogens with zero attached hydrogens (tertiary/aromatic N) is 1. The van der Waals surface area contributed by atoms with E-state index in [2.05, 4.69) is 18.2 Å². The first-order chi connectivity index (χ1) is 12.7. The molecular weight excluding hydrogens is 362 g/mol. The summed E-state index contributed by atoms with van der Waals surface area (Å²) in [5, 5.41) is 3.30. The summed E-state index contributed by atoms with van der Waals surface area (Å²) in [6.45, 7) is 1.53. The molecule has 132 valence electrons. The average molecular weight is 382 g/mol. The van der Waals surface area contributed by atoms with E-state index in [1.54, 1.807) is 0 Å². The molecule has 0 saturated carbocycles. The highest BCUT2D eigenvalue weighted by Gasteiger charge is 2.24. The van der Waals surface area contributed by atoms with Gasteiger partial charge in [-0.05, 0) is 34.9 Å². The number of fused-ring (bicyclic) bond motifs is 1. The molecule has 1 amide bonds. The Morgan fingerprint density at radius 3 is 2.62 bits per heavy atom. The monoisotopic (exact) mass is 381 g/mol. The maximum absolute atomic E-state index is 13.2. The Bertz CT molecular complexity index is 937. The summed E-state index contributed by atoms with van der Waals surface area (Å²) in [6.07, 6.45) is 0.922. The summed E-state index contributed by atoms with van der Waals surface area (Å²) >= 11 is 8.27. The van der Waals surface area contributed by atoms with Gasteiger partial charge in [-0.1, -0.05) is 66.2 Å². The molecule has 0 N–H and O–H groups in total. The largest absolute Gasteiger partial charge is 0.338 e. The van der Waals surface area contributed by atoms with E-state index in [0.29, 0.717) is 5.25 Å². The fraction of sp³-hybridized carbons (Fsp3) is 0.227. The summed E-state index contributed by atoms with van der Waals surface area (Å²) in [4.78, 5) is 15.2. The molecule has 1 atom stereocenters. The van der Waals surface area contributed by atoms with Gasteiger partial charge in [-0.15, -0.1) is 0 Å². The van der Waals surface area contributed by atoms with Crippen molar-refractivity contribution in [2.75, 3.05) is 18.8 Å². The van der Waals surface area contributed by atoms with Crippen LogP contribution in [0.2, 0.25) is 5.02 Å². The number of carbonyl (C=O) groups excluding carboxylic acids is 1. The molecule has 1 aliphatic heterocycles. The van der Waals surface area contributed by atoms with Crippen molar-refractivity contribution in [2.45, 2.75) is 11.7 Å². The Labute approximate surface area is 163 Å². The summed E-state index contributed by atoms with van der Waals surface area (Å²) in [6, 6.07) is 22.1. The summed E-state index contributed by atoms with van der Waals surface area (Å²) in [7, 11) is 0. The summed E-state index contributed by atoms with van der Waals surface area (Å²) < 4.78 is 0. The lowest BCUT2D eigenvalue weighted by Gasteiger charge is -2.21. The van der Waals surface area contributed by atoms with E-state index in [4.69, 9.17) is 11.6 Å². The van der Waals surface area contributed by atoms with Crippen LogP contribution >= 0.6 is 23.4 Å². The van der Waals surface area contributed by atoms with Gasteiger partial charge in [-0.3, -0.25) is 4.79 Å². The van der Waals surface area contributed by atoms with Crippen LogP contribution in [0.25, 0.3) is 10.8 Å². The lowest BCUT2D eigenvalue weighted by atomic mass is 10.0. The van der Waals surface area contributed by atoms with Crippen molar-refractivity contribution in [2.24, 2.45) is 0 Å². The van der Waals surface area contributed by atoms with E-state index in [-0.39, 0.29) is 5.91 Å². The van der Waals surface area contributed by atoms with Crippen LogP contribution in [0.4, 0.5) is 0 Å². The van der Waals surface area contributed by atoms with Crippen molar-refractivity contribution < 1.29 is 4.79 Å². The second-order valence-electron chi connectivity index (χ2n) is 6.49. The van der Waals surface area contributed by atoms with Gasteiger partial charge in [0.15, 0.2) is 0 Å². The van der Waals surface area contributed by atoms with Gasteiger partial charge in [-0.2, -0.15) is 11.8 Å². The molecule has 0 aromatic heterocycles. The van der Waals surface area contributed by atoms with Crippen LogP contribution in [0.1, 0.15) is 27.6 Å². The molecule has 3 aromatic rings. The molecule has 4 heteroatoms.